The van der Waals surface area contributed by atoms with E-state index in [0.717, 1.165) is 18.9 Å². The Morgan fingerprint density at radius 1 is 1.32 bits per heavy atom. The van der Waals surface area contributed by atoms with Crippen LogP contribution in [0.1, 0.15) is 42.5 Å². The molecule has 1 aromatic carbocycles. The molecule has 31 heavy (non-hydrogen) atoms. The summed E-state index contributed by atoms with van der Waals surface area (Å²) in [5.74, 6) is -0.562. The van der Waals surface area contributed by atoms with Gasteiger partial charge in [-0.3, -0.25) is 10.1 Å². The summed E-state index contributed by atoms with van der Waals surface area (Å²) >= 11 is 5.91. The fourth-order valence-electron chi connectivity index (χ4n) is 4.80. The van der Waals surface area contributed by atoms with E-state index in [1.807, 2.05) is 0 Å². The Morgan fingerprint density at radius 3 is 2.48 bits per heavy atom. The summed E-state index contributed by atoms with van der Waals surface area (Å²) in [5.41, 5.74) is -1.27. The van der Waals surface area contributed by atoms with Crippen LogP contribution in [-0.4, -0.2) is 50.6 Å². The monoisotopic (exact) mass is 454 g/mol. The van der Waals surface area contributed by atoms with Crippen LogP contribution in [0.3, 0.4) is 0 Å². The first-order valence-electron chi connectivity index (χ1n) is 9.91. The lowest BCUT2D eigenvalue weighted by molar-refractivity contribution is -0.137. The second-order valence-electron chi connectivity index (χ2n) is 8.83. The number of imide groups is 1. The van der Waals surface area contributed by atoms with Crippen LogP contribution in [0.5, 0.6) is 0 Å². The predicted molar refractivity (Wildman–Crippen MR) is 111 cm³/mol. The van der Waals surface area contributed by atoms with Gasteiger partial charge in [0.2, 0.25) is 0 Å². The highest BCUT2D eigenvalue weighted by atomic mass is 35.5. The molecule has 2 aliphatic heterocycles. The smallest absolute Gasteiger partial charge is 0.335 e. The van der Waals surface area contributed by atoms with Crippen LogP contribution in [0.25, 0.3) is 0 Å². The van der Waals surface area contributed by atoms with Gasteiger partial charge in [-0.2, -0.15) is 13.2 Å². The molecule has 5 amide bonds. The lowest BCUT2D eigenvalue weighted by Crippen LogP contribution is -2.60. The Balaban J connectivity index is 1.60. The molecule has 0 aromatic heterocycles. The van der Waals surface area contributed by atoms with Gasteiger partial charge in [0.25, 0.3) is 5.91 Å². The van der Waals surface area contributed by atoms with Crippen molar-refractivity contribution in [3.8, 4) is 0 Å². The minimum absolute atomic E-state index is 0.0754. The van der Waals surface area contributed by atoms with Crippen molar-refractivity contribution in [3.63, 3.8) is 0 Å². The molecule has 1 unspecified atom stereocenters. The maximum atomic E-state index is 13.3. The highest BCUT2D eigenvalue weighted by Crippen LogP contribution is 2.47. The summed E-state index contributed by atoms with van der Waals surface area (Å²) < 4.78 is 40.0. The average molecular weight is 454 g/mol. The van der Waals surface area contributed by atoms with Crippen LogP contribution < -0.4 is 16.0 Å². The van der Waals surface area contributed by atoms with Gasteiger partial charge in [-0.15, -0.1) is 0 Å². The second-order valence-corrected chi connectivity index (χ2v) is 9.24. The molecule has 0 radical (unpaired) electrons. The number of hydrogen-bond donors (Lipinski definition) is 3. The summed E-state index contributed by atoms with van der Waals surface area (Å²) in [6.07, 6.45) is -3.12. The van der Waals surface area contributed by atoms with Gasteiger partial charge in [-0.05, 0) is 48.9 Å². The van der Waals surface area contributed by atoms with E-state index >= 15 is 0 Å². The fraction of sp³-hybridized carbons (Fsp3) is 0.500. The van der Waals surface area contributed by atoms with Crippen LogP contribution in [0.2, 0.25) is 5.02 Å². The molecule has 1 aliphatic carbocycles. The molecule has 3 aliphatic rings. The number of halogens is 4. The number of hydrogen-bond acceptors (Lipinski definition) is 3. The number of rotatable bonds is 3. The number of fused-ring (bicyclic) bond motifs is 1. The van der Waals surface area contributed by atoms with Crippen molar-refractivity contribution in [3.05, 3.63) is 33.8 Å². The number of alkyl halides is 3. The first-order chi connectivity index (χ1) is 14.3. The third kappa shape index (κ3) is 3.35. The second kappa shape index (κ2) is 6.82. The molecule has 0 spiro atoms. The number of amides is 5. The van der Waals surface area contributed by atoms with E-state index < -0.39 is 51.7 Å². The van der Waals surface area contributed by atoms with Crippen molar-refractivity contribution in [2.24, 2.45) is 5.92 Å². The largest absolute Gasteiger partial charge is 0.417 e. The minimum atomic E-state index is -4.61. The van der Waals surface area contributed by atoms with E-state index in [2.05, 4.69) is 16.0 Å². The van der Waals surface area contributed by atoms with Gasteiger partial charge in [0, 0.05) is 5.34 Å². The fourth-order valence-corrected chi connectivity index (χ4v) is 5.07. The standard InChI is InChI=1S/C18H20B2ClF3N4O3/c1-7-9-4-11(18(22,23)24)12(21)5-10(9)17(19,20)28(7)15(31)25-6-16(8-2-3-8)13(29)26-14(30)27-16/h4-5,7-8H,2-3,6,19-20H2,1H3,(H,25,31)(H2,26,27,29,30)/t7?,16-/m0/s1. The Kier molecular flexibility index (Phi) is 4.81. The average Bonchev–Trinajstić information content (AvgIpc) is 3.41. The number of urea groups is 2. The van der Waals surface area contributed by atoms with E-state index in [9.17, 15) is 27.6 Å². The number of nitrogens with zero attached hydrogens (tertiary/aromatic N) is 1. The van der Waals surface area contributed by atoms with Crippen molar-refractivity contribution in [1.29, 1.82) is 0 Å². The van der Waals surface area contributed by atoms with Crippen LogP contribution >= 0.6 is 11.6 Å². The van der Waals surface area contributed by atoms with Crippen molar-refractivity contribution in [2.45, 2.75) is 42.9 Å². The van der Waals surface area contributed by atoms with Crippen LogP contribution in [0, 0.1) is 5.92 Å². The van der Waals surface area contributed by atoms with Crippen LogP contribution in [0.15, 0.2) is 12.1 Å². The van der Waals surface area contributed by atoms with Crippen LogP contribution in [-0.2, 0) is 16.3 Å². The molecule has 13 heteroatoms. The number of carbonyl (C=O) groups is 3. The summed E-state index contributed by atoms with van der Waals surface area (Å²) in [6, 6.07) is 0.440. The van der Waals surface area contributed by atoms with Gasteiger partial charge < -0.3 is 15.5 Å². The maximum absolute atomic E-state index is 13.3. The molecule has 1 saturated carbocycles. The quantitative estimate of drug-likeness (QED) is 0.467. The van der Waals surface area contributed by atoms with E-state index in [1.165, 1.54) is 11.0 Å². The number of benzene rings is 1. The zero-order valence-corrected chi connectivity index (χ0v) is 17.9. The molecule has 7 nitrogen and oxygen atoms in total. The van der Waals surface area contributed by atoms with Crippen molar-refractivity contribution in [2.75, 3.05) is 6.54 Å². The molecule has 4 rings (SSSR count). The van der Waals surface area contributed by atoms with Crippen molar-refractivity contribution in [1.82, 2.24) is 20.9 Å². The SMILES string of the molecule is BC1(B)c2cc(Cl)c(C(F)(F)F)cc2C(C)N1C(=O)NC[C@@]1(C2CC2)NC(=O)NC1=O. The Morgan fingerprint density at radius 2 is 1.97 bits per heavy atom. The first-order valence-corrected chi connectivity index (χ1v) is 10.3. The molecule has 164 valence electrons. The molecule has 1 aromatic rings. The molecule has 3 N–H and O–H groups in total. The number of nitrogens with one attached hydrogen (secondary N) is 3. The van der Waals surface area contributed by atoms with Gasteiger partial charge in [0.1, 0.15) is 21.2 Å². The molecule has 2 heterocycles. The van der Waals surface area contributed by atoms with Crippen LogP contribution in [0.4, 0.5) is 22.8 Å². The van der Waals surface area contributed by atoms with E-state index in [1.54, 1.807) is 22.6 Å². The Hall–Kier alpha value is -2.36. The maximum Gasteiger partial charge on any atom is 0.417 e. The third-order valence-corrected chi connectivity index (χ3v) is 6.84. The molecular formula is C18H20B2ClF3N4O3. The highest BCUT2D eigenvalue weighted by Gasteiger charge is 2.56. The van der Waals surface area contributed by atoms with Crippen molar-refractivity contribution >= 4 is 45.3 Å². The molecule has 2 fully saturated rings. The lowest BCUT2D eigenvalue weighted by Gasteiger charge is -2.37. The topological polar surface area (TPSA) is 90.5 Å². The predicted octanol–water partition coefficient (Wildman–Crippen LogP) is 0.810. The lowest BCUT2D eigenvalue weighted by atomic mass is 9.58. The summed E-state index contributed by atoms with van der Waals surface area (Å²) in [6.45, 7) is 1.53. The number of carbonyl (C=O) groups excluding carboxylic acids is 3. The molecular weight excluding hydrogens is 434 g/mol. The third-order valence-electron chi connectivity index (χ3n) is 6.52. The summed E-state index contributed by atoms with van der Waals surface area (Å²) in [7, 11) is 3.44. The van der Waals surface area contributed by atoms with Crippen molar-refractivity contribution < 1.29 is 27.6 Å². The molecule has 1 saturated heterocycles. The van der Waals surface area contributed by atoms with E-state index in [4.69, 9.17) is 11.6 Å². The van der Waals surface area contributed by atoms with Gasteiger partial charge >= 0.3 is 18.2 Å². The molecule has 0 bridgehead atoms. The van der Waals surface area contributed by atoms with Gasteiger partial charge in [0.15, 0.2) is 0 Å². The van der Waals surface area contributed by atoms with E-state index in [0.29, 0.717) is 11.1 Å². The Labute approximate surface area is 183 Å². The summed E-state index contributed by atoms with van der Waals surface area (Å²) in [4.78, 5) is 38.6. The zero-order valence-electron chi connectivity index (χ0n) is 17.1. The highest BCUT2D eigenvalue weighted by molar-refractivity contribution is 6.41. The zero-order chi connectivity index (χ0) is 22.9. The molecule has 2 atom stereocenters. The van der Waals surface area contributed by atoms with Gasteiger partial charge in [-0.1, -0.05) is 11.6 Å². The van der Waals surface area contributed by atoms with Gasteiger partial charge in [-0.25, -0.2) is 9.59 Å². The minimum Gasteiger partial charge on any atom is -0.335 e. The normalized spacial score (nSPS) is 27.0. The Bertz CT molecular complexity index is 1000. The summed E-state index contributed by atoms with van der Waals surface area (Å²) in [5, 5.41) is 6.19. The first kappa shape index (κ1) is 21.9. The van der Waals surface area contributed by atoms with Gasteiger partial charge in [0.05, 0.1) is 23.2 Å². The van der Waals surface area contributed by atoms with E-state index in [-0.39, 0.29) is 12.5 Å².